The molecule has 0 saturated heterocycles. The molecule has 1 fully saturated rings. The van der Waals surface area contributed by atoms with Crippen LogP contribution in [0.5, 0.6) is 17.4 Å². The molecule has 8 nitrogen and oxygen atoms in total. The molecule has 2 N–H and O–H groups in total. The highest BCUT2D eigenvalue weighted by atomic mass is 35.5. The van der Waals surface area contributed by atoms with Crippen LogP contribution >= 0.6 is 23.2 Å². The molecule has 3 aromatic rings. The first kappa shape index (κ1) is 29.3. The Morgan fingerprint density at radius 2 is 1.70 bits per heavy atom. The summed E-state index contributed by atoms with van der Waals surface area (Å²) >= 11 is 11.8. The second-order valence-electron chi connectivity index (χ2n) is 9.42. The van der Waals surface area contributed by atoms with Gasteiger partial charge in [-0.3, -0.25) is 14.4 Å². The summed E-state index contributed by atoms with van der Waals surface area (Å²) in [6.07, 6.45) is 4.42. The summed E-state index contributed by atoms with van der Waals surface area (Å²) < 4.78 is 25.4. The fourth-order valence-electron chi connectivity index (χ4n) is 4.34. The van der Waals surface area contributed by atoms with Gasteiger partial charge in [-0.25, -0.2) is 9.37 Å². The Bertz CT molecular complexity index is 1380. The van der Waals surface area contributed by atoms with E-state index in [1.54, 1.807) is 24.3 Å². The first-order chi connectivity index (χ1) is 19.2. The average molecular weight is 589 g/mol. The summed E-state index contributed by atoms with van der Waals surface area (Å²) in [5, 5.41) is 12.1. The van der Waals surface area contributed by atoms with Crippen molar-refractivity contribution in [3.63, 3.8) is 0 Å². The number of ether oxygens (including phenoxy) is 2. The summed E-state index contributed by atoms with van der Waals surface area (Å²) in [5.74, 6) is -1.93. The number of carboxylic acid groups (broad SMARTS) is 1. The second kappa shape index (κ2) is 13.6. The summed E-state index contributed by atoms with van der Waals surface area (Å²) in [5.41, 5.74) is 0.780. The van der Waals surface area contributed by atoms with Crippen LogP contribution in [-0.2, 0) is 4.79 Å². The topological polar surface area (TPSA) is 115 Å². The number of carbonyl (C=O) groups is 3. The molecule has 0 bridgehead atoms. The number of nitrogens with zero attached hydrogens (tertiary/aromatic N) is 1. The van der Waals surface area contributed by atoms with Gasteiger partial charge in [0.25, 0.3) is 11.8 Å². The highest BCUT2D eigenvalue weighted by Gasteiger charge is 2.27. The molecule has 1 saturated carbocycles. The van der Waals surface area contributed by atoms with E-state index in [-0.39, 0.29) is 58.0 Å². The number of aliphatic carboxylic acids is 1. The van der Waals surface area contributed by atoms with E-state index < -0.39 is 17.7 Å². The Kier molecular flexibility index (Phi) is 9.95. The molecule has 4 rings (SSSR count). The highest BCUT2D eigenvalue weighted by molar-refractivity contribution is 6.32. The van der Waals surface area contributed by atoms with Crippen molar-refractivity contribution in [2.45, 2.75) is 44.6 Å². The quantitative estimate of drug-likeness (QED) is 0.188. The van der Waals surface area contributed by atoms with Gasteiger partial charge in [-0.2, -0.15) is 0 Å². The highest BCUT2D eigenvalue weighted by Crippen LogP contribution is 2.31. The Labute approximate surface area is 240 Å². The number of rotatable bonds is 11. The smallest absolute Gasteiger partial charge is 0.306 e. The Morgan fingerprint density at radius 1 is 1.00 bits per heavy atom. The number of ketones is 1. The number of carbonyl (C=O) groups excluding carboxylic acids is 2. The summed E-state index contributed by atoms with van der Waals surface area (Å²) in [7, 11) is 0. The molecule has 1 heterocycles. The molecule has 0 aliphatic heterocycles. The summed E-state index contributed by atoms with van der Waals surface area (Å²) in [4.78, 5) is 40.1. The number of aromatic nitrogens is 1. The van der Waals surface area contributed by atoms with Gasteiger partial charge >= 0.3 is 5.97 Å². The van der Waals surface area contributed by atoms with Crippen LogP contribution in [0.1, 0.15) is 59.2 Å². The molecule has 0 radical (unpaired) electrons. The predicted octanol–water partition coefficient (Wildman–Crippen LogP) is 6.73. The Balaban J connectivity index is 1.22. The summed E-state index contributed by atoms with van der Waals surface area (Å²) in [6.45, 7) is 0.261. The van der Waals surface area contributed by atoms with Gasteiger partial charge in [0.2, 0.25) is 0 Å². The van der Waals surface area contributed by atoms with E-state index in [9.17, 15) is 18.8 Å². The van der Waals surface area contributed by atoms with E-state index in [0.717, 1.165) is 6.07 Å². The number of pyridine rings is 1. The van der Waals surface area contributed by atoms with E-state index in [1.165, 1.54) is 24.4 Å². The number of hydrogen-bond acceptors (Lipinski definition) is 6. The lowest BCUT2D eigenvalue weighted by atomic mass is 9.87. The number of amides is 1. The Hall–Kier alpha value is -3.69. The maximum absolute atomic E-state index is 14.0. The largest absolute Gasteiger partial charge is 0.490 e. The normalized spacial score (nSPS) is 16.7. The molecular formula is C29H27Cl2FN2O6. The SMILES string of the molecule is O=C(CCCNC(=O)c1ccc(Cl)c(Oc2ncc(Cl)cc2F)c1)c1ccc(OC2CCC(C(=O)O)CC2)cc1. The van der Waals surface area contributed by atoms with Crippen molar-refractivity contribution >= 4 is 40.9 Å². The van der Waals surface area contributed by atoms with Crippen LogP contribution in [0.25, 0.3) is 0 Å². The molecular weight excluding hydrogens is 562 g/mol. The third kappa shape index (κ3) is 7.92. The third-order valence-corrected chi connectivity index (χ3v) is 7.06. The number of hydrogen-bond donors (Lipinski definition) is 2. The monoisotopic (exact) mass is 588 g/mol. The summed E-state index contributed by atoms with van der Waals surface area (Å²) in [6, 6.07) is 12.3. The fraction of sp³-hybridized carbons (Fsp3) is 0.310. The van der Waals surface area contributed by atoms with Crippen molar-refractivity contribution in [3.8, 4) is 17.4 Å². The van der Waals surface area contributed by atoms with Crippen LogP contribution < -0.4 is 14.8 Å². The van der Waals surface area contributed by atoms with E-state index >= 15 is 0 Å². The van der Waals surface area contributed by atoms with E-state index in [2.05, 4.69) is 10.3 Å². The number of carboxylic acids is 1. The standard InChI is InChI=1S/C29H27Cl2FN2O6/c30-20-15-24(32)28(34-16-20)40-26-14-19(7-12-23(26)31)27(36)33-13-1-2-25(35)17-3-8-21(9-4-17)39-22-10-5-18(6-11-22)29(37)38/h3-4,7-9,12,14-16,18,22H,1-2,5-6,10-11,13H2,(H,33,36)(H,37,38). The second-order valence-corrected chi connectivity index (χ2v) is 10.3. The molecule has 1 amide bonds. The first-order valence-corrected chi connectivity index (χ1v) is 13.5. The van der Waals surface area contributed by atoms with Crippen molar-refractivity contribution in [2.24, 2.45) is 5.92 Å². The van der Waals surface area contributed by atoms with Crippen LogP contribution in [0.2, 0.25) is 10.0 Å². The van der Waals surface area contributed by atoms with Gasteiger partial charge in [0, 0.05) is 30.3 Å². The number of Topliss-reactive ketones (excluding diaryl/α,β-unsaturated/α-hetero) is 1. The average Bonchev–Trinajstić information content (AvgIpc) is 2.94. The number of nitrogens with one attached hydrogen (secondary N) is 1. The maximum atomic E-state index is 14.0. The maximum Gasteiger partial charge on any atom is 0.306 e. The third-order valence-electron chi connectivity index (χ3n) is 6.54. The minimum atomic E-state index is -0.773. The lowest BCUT2D eigenvalue weighted by molar-refractivity contribution is -0.143. The van der Waals surface area contributed by atoms with Gasteiger partial charge in [-0.05, 0) is 80.6 Å². The van der Waals surface area contributed by atoms with Crippen LogP contribution in [0.15, 0.2) is 54.7 Å². The predicted molar refractivity (Wildman–Crippen MR) is 147 cm³/mol. The number of halogens is 3. The van der Waals surface area contributed by atoms with Gasteiger partial charge in [0.15, 0.2) is 11.6 Å². The minimum Gasteiger partial charge on any atom is -0.490 e. The molecule has 11 heteroatoms. The van der Waals surface area contributed by atoms with Crippen LogP contribution in [0.3, 0.4) is 0 Å². The fourth-order valence-corrected chi connectivity index (χ4v) is 4.64. The van der Waals surface area contributed by atoms with Crippen LogP contribution in [-0.4, -0.2) is 40.4 Å². The van der Waals surface area contributed by atoms with Crippen molar-refractivity contribution in [1.29, 1.82) is 0 Å². The van der Waals surface area contributed by atoms with Crippen molar-refractivity contribution in [1.82, 2.24) is 10.3 Å². The molecule has 0 spiro atoms. The van der Waals surface area contributed by atoms with Gasteiger partial charge in [0.05, 0.1) is 22.1 Å². The molecule has 210 valence electrons. The molecule has 1 aromatic heterocycles. The zero-order valence-corrected chi connectivity index (χ0v) is 22.9. The van der Waals surface area contributed by atoms with E-state index in [4.69, 9.17) is 37.8 Å². The zero-order valence-electron chi connectivity index (χ0n) is 21.4. The van der Waals surface area contributed by atoms with Crippen molar-refractivity contribution in [3.05, 3.63) is 81.7 Å². The van der Waals surface area contributed by atoms with Crippen LogP contribution in [0, 0.1) is 11.7 Å². The Morgan fingerprint density at radius 3 is 2.38 bits per heavy atom. The molecule has 0 unspecified atom stereocenters. The molecule has 1 aliphatic rings. The zero-order chi connectivity index (χ0) is 28.6. The van der Waals surface area contributed by atoms with Crippen molar-refractivity contribution in [2.75, 3.05) is 6.54 Å². The molecule has 0 atom stereocenters. The van der Waals surface area contributed by atoms with Crippen molar-refractivity contribution < 1.29 is 33.4 Å². The van der Waals surface area contributed by atoms with Gasteiger partial charge in [-0.15, -0.1) is 0 Å². The van der Waals surface area contributed by atoms with Crippen LogP contribution in [0.4, 0.5) is 4.39 Å². The van der Waals surface area contributed by atoms with Gasteiger partial charge < -0.3 is 19.9 Å². The van der Waals surface area contributed by atoms with Gasteiger partial charge in [0.1, 0.15) is 11.5 Å². The lowest BCUT2D eigenvalue weighted by Gasteiger charge is -2.26. The molecule has 1 aliphatic carbocycles. The molecule has 2 aromatic carbocycles. The first-order valence-electron chi connectivity index (χ1n) is 12.8. The number of benzene rings is 2. The van der Waals surface area contributed by atoms with E-state index in [0.29, 0.717) is 43.4 Å². The molecule has 40 heavy (non-hydrogen) atoms. The lowest BCUT2D eigenvalue weighted by Crippen LogP contribution is -2.27. The van der Waals surface area contributed by atoms with Gasteiger partial charge in [-0.1, -0.05) is 23.2 Å². The minimum absolute atomic E-state index is 0.0284. The van der Waals surface area contributed by atoms with E-state index in [1.807, 2.05) is 0 Å².